The van der Waals surface area contributed by atoms with Gasteiger partial charge in [0.25, 0.3) is 0 Å². The summed E-state index contributed by atoms with van der Waals surface area (Å²) in [5.74, 6) is 1.76. The Morgan fingerprint density at radius 1 is 0.750 bits per heavy atom. The van der Waals surface area contributed by atoms with E-state index in [1.165, 1.54) is 70.6 Å². The fourth-order valence-electron chi connectivity index (χ4n) is 3.28. The summed E-state index contributed by atoms with van der Waals surface area (Å²) in [6, 6.07) is 7.62. The van der Waals surface area contributed by atoms with Crippen molar-refractivity contribution in [2.45, 2.75) is 96.5 Å². The van der Waals surface area contributed by atoms with Crippen molar-refractivity contribution in [3.63, 3.8) is 0 Å². The van der Waals surface area contributed by atoms with E-state index in [1.807, 2.05) is 24.3 Å². The van der Waals surface area contributed by atoms with Crippen LogP contribution in [0.2, 0.25) is 0 Å². The van der Waals surface area contributed by atoms with Crippen LogP contribution in [0.15, 0.2) is 24.3 Å². The van der Waals surface area contributed by atoms with E-state index < -0.39 is 0 Å². The maximum atomic E-state index is 11.8. The minimum atomic E-state index is -0.0924. The first-order valence-corrected chi connectivity index (χ1v) is 11.8. The highest BCUT2D eigenvalue weighted by Gasteiger charge is 2.04. The second-order valence-electron chi connectivity index (χ2n) is 7.58. The number of ether oxygens (including phenoxy) is 2. The summed E-state index contributed by atoms with van der Waals surface area (Å²) in [4.78, 5) is 11.8. The molecule has 0 aromatic heterocycles. The van der Waals surface area contributed by atoms with E-state index in [2.05, 4.69) is 12.6 Å². The van der Waals surface area contributed by atoms with Crippen molar-refractivity contribution in [1.82, 2.24) is 0 Å². The van der Waals surface area contributed by atoms with Gasteiger partial charge in [-0.2, -0.15) is 12.6 Å². The molecule has 0 aliphatic rings. The summed E-state index contributed by atoms with van der Waals surface area (Å²) >= 11 is 4.25. The number of carbonyl (C=O) groups excluding carboxylic acids is 1. The van der Waals surface area contributed by atoms with Gasteiger partial charge in [0.2, 0.25) is 0 Å². The van der Waals surface area contributed by atoms with Crippen LogP contribution in [-0.4, -0.2) is 18.8 Å². The Bertz CT molecular complexity index is 487. The predicted molar refractivity (Wildman–Crippen MR) is 121 cm³/mol. The smallest absolute Gasteiger partial charge is 0.306 e. The van der Waals surface area contributed by atoms with Gasteiger partial charge in [-0.05, 0) is 36.3 Å². The highest BCUT2D eigenvalue weighted by molar-refractivity contribution is 7.80. The fourth-order valence-corrected chi connectivity index (χ4v) is 3.51. The molecular formula is C24H40O3S. The van der Waals surface area contributed by atoms with Crippen LogP contribution in [-0.2, 0) is 16.1 Å². The molecule has 0 aliphatic carbocycles. The number of rotatable bonds is 18. The Labute approximate surface area is 178 Å². The minimum Gasteiger partial charge on any atom is -0.497 e. The molecule has 0 bridgehead atoms. The lowest BCUT2D eigenvalue weighted by atomic mass is 10.0. The largest absolute Gasteiger partial charge is 0.497 e. The lowest BCUT2D eigenvalue weighted by molar-refractivity contribution is -0.145. The third-order valence-corrected chi connectivity index (χ3v) is 5.41. The Morgan fingerprint density at radius 2 is 1.21 bits per heavy atom. The van der Waals surface area contributed by atoms with Crippen molar-refractivity contribution in [3.05, 3.63) is 29.8 Å². The van der Waals surface area contributed by atoms with Crippen molar-refractivity contribution < 1.29 is 14.3 Å². The lowest BCUT2D eigenvalue weighted by Gasteiger charge is -2.06. The van der Waals surface area contributed by atoms with E-state index in [0.29, 0.717) is 13.0 Å². The molecule has 28 heavy (non-hydrogen) atoms. The standard InChI is InChI=1S/C24H40O3S/c1-26-23-18-16-22(17-19-23)21-27-24(25)15-13-11-9-7-5-3-2-4-6-8-10-12-14-20-28/h16-19,28H,2-15,20-21H2,1H3. The molecule has 3 nitrogen and oxygen atoms in total. The zero-order chi connectivity index (χ0) is 20.3. The van der Waals surface area contributed by atoms with Gasteiger partial charge in [-0.3, -0.25) is 4.79 Å². The van der Waals surface area contributed by atoms with E-state index in [-0.39, 0.29) is 5.97 Å². The molecular weight excluding hydrogens is 368 g/mol. The molecule has 0 atom stereocenters. The number of esters is 1. The SMILES string of the molecule is COc1ccc(COC(=O)CCCCCCCCCCCCCCCS)cc1. The van der Waals surface area contributed by atoms with Crippen LogP contribution in [0.25, 0.3) is 0 Å². The number of methoxy groups -OCH3 is 1. The number of unbranched alkanes of at least 4 members (excludes halogenated alkanes) is 12. The molecule has 1 aromatic carbocycles. The molecule has 0 saturated heterocycles. The Hall–Kier alpha value is -1.16. The number of thiol groups is 1. The van der Waals surface area contributed by atoms with Crippen LogP contribution in [0, 0.1) is 0 Å². The lowest BCUT2D eigenvalue weighted by Crippen LogP contribution is -2.04. The Morgan fingerprint density at radius 3 is 1.68 bits per heavy atom. The van der Waals surface area contributed by atoms with Gasteiger partial charge in [0.1, 0.15) is 12.4 Å². The second kappa shape index (κ2) is 17.9. The third-order valence-electron chi connectivity index (χ3n) is 5.10. The van der Waals surface area contributed by atoms with E-state index in [1.54, 1.807) is 7.11 Å². The first-order chi connectivity index (χ1) is 13.8. The molecule has 1 rings (SSSR count). The fraction of sp³-hybridized carbons (Fsp3) is 0.708. The van der Waals surface area contributed by atoms with Gasteiger partial charge >= 0.3 is 5.97 Å². The van der Waals surface area contributed by atoms with Crippen LogP contribution in [0.3, 0.4) is 0 Å². The first kappa shape index (κ1) is 24.9. The predicted octanol–water partition coefficient (Wildman–Crippen LogP) is 7.13. The molecule has 4 heteroatoms. The minimum absolute atomic E-state index is 0.0924. The summed E-state index contributed by atoms with van der Waals surface area (Å²) in [5.41, 5.74) is 0.992. The van der Waals surface area contributed by atoms with Crippen LogP contribution in [0.5, 0.6) is 5.75 Å². The number of carbonyl (C=O) groups is 1. The molecule has 0 unspecified atom stereocenters. The number of hydrogen-bond acceptors (Lipinski definition) is 4. The summed E-state index contributed by atoms with van der Waals surface area (Å²) in [6.45, 7) is 0.345. The maximum absolute atomic E-state index is 11.8. The molecule has 0 heterocycles. The maximum Gasteiger partial charge on any atom is 0.306 e. The Kier molecular flexibility index (Phi) is 15.9. The van der Waals surface area contributed by atoms with Crippen LogP contribution in [0.4, 0.5) is 0 Å². The van der Waals surface area contributed by atoms with Crippen molar-refractivity contribution >= 4 is 18.6 Å². The van der Waals surface area contributed by atoms with Crippen LogP contribution < -0.4 is 4.74 Å². The summed E-state index contributed by atoms with van der Waals surface area (Å²) < 4.78 is 10.5. The van der Waals surface area contributed by atoms with Crippen molar-refractivity contribution in [1.29, 1.82) is 0 Å². The highest BCUT2D eigenvalue weighted by atomic mass is 32.1. The summed E-state index contributed by atoms with van der Waals surface area (Å²) in [6.07, 6.45) is 17.4. The van der Waals surface area contributed by atoms with E-state index in [0.717, 1.165) is 29.9 Å². The normalized spacial score (nSPS) is 10.8. The molecule has 1 aromatic rings. The summed E-state index contributed by atoms with van der Waals surface area (Å²) in [5, 5.41) is 0. The van der Waals surface area contributed by atoms with Crippen LogP contribution >= 0.6 is 12.6 Å². The van der Waals surface area contributed by atoms with E-state index >= 15 is 0 Å². The quantitative estimate of drug-likeness (QED) is 0.159. The zero-order valence-electron chi connectivity index (χ0n) is 17.8. The number of benzene rings is 1. The van der Waals surface area contributed by atoms with Gasteiger partial charge < -0.3 is 9.47 Å². The Balaban J connectivity index is 1.84. The van der Waals surface area contributed by atoms with Gasteiger partial charge in [-0.25, -0.2) is 0 Å². The van der Waals surface area contributed by atoms with Gasteiger partial charge in [0, 0.05) is 6.42 Å². The molecule has 0 radical (unpaired) electrons. The first-order valence-electron chi connectivity index (χ1n) is 11.2. The number of hydrogen-bond donors (Lipinski definition) is 1. The average Bonchev–Trinajstić information content (AvgIpc) is 2.73. The van der Waals surface area contributed by atoms with Gasteiger partial charge in [0.15, 0.2) is 0 Å². The van der Waals surface area contributed by atoms with Crippen LogP contribution in [0.1, 0.15) is 95.5 Å². The third kappa shape index (κ3) is 13.9. The van der Waals surface area contributed by atoms with E-state index in [9.17, 15) is 4.79 Å². The second-order valence-corrected chi connectivity index (χ2v) is 8.03. The molecule has 160 valence electrons. The van der Waals surface area contributed by atoms with Gasteiger partial charge in [0.05, 0.1) is 7.11 Å². The topological polar surface area (TPSA) is 35.5 Å². The molecule has 0 spiro atoms. The molecule has 0 amide bonds. The van der Waals surface area contributed by atoms with E-state index in [4.69, 9.17) is 9.47 Å². The van der Waals surface area contributed by atoms with Crippen molar-refractivity contribution in [3.8, 4) is 5.75 Å². The van der Waals surface area contributed by atoms with Crippen molar-refractivity contribution in [2.75, 3.05) is 12.9 Å². The average molecular weight is 409 g/mol. The molecule has 0 saturated carbocycles. The van der Waals surface area contributed by atoms with Gasteiger partial charge in [-0.15, -0.1) is 0 Å². The highest BCUT2D eigenvalue weighted by Crippen LogP contribution is 2.14. The zero-order valence-corrected chi connectivity index (χ0v) is 18.7. The summed E-state index contributed by atoms with van der Waals surface area (Å²) in [7, 11) is 1.64. The monoisotopic (exact) mass is 408 g/mol. The molecule has 0 aliphatic heterocycles. The molecule has 0 fully saturated rings. The van der Waals surface area contributed by atoms with Gasteiger partial charge in [-0.1, -0.05) is 82.8 Å². The van der Waals surface area contributed by atoms with Crippen molar-refractivity contribution in [2.24, 2.45) is 0 Å². The molecule has 0 N–H and O–H groups in total.